The smallest absolute Gasteiger partial charge is 0.263 e. The number of aromatic nitrogens is 4. The maximum absolute atomic E-state index is 11.5. The SMILES string of the molecule is CC(C)n1nc(Br)c2c(=O)[nH]cnc21. The number of halogens is 1. The highest BCUT2D eigenvalue weighted by atomic mass is 79.9. The fourth-order valence-corrected chi connectivity index (χ4v) is 1.83. The molecule has 2 heterocycles. The second-order valence-electron chi connectivity index (χ2n) is 3.26. The zero-order valence-electron chi connectivity index (χ0n) is 7.78. The lowest BCUT2D eigenvalue weighted by molar-refractivity contribution is 0.543. The standard InChI is InChI=1S/C8H9BrN4O/c1-4(2)13-7-5(6(9)12-13)8(14)11-3-10-7/h3-4H,1-2H3,(H,10,11,14). The molecule has 0 aliphatic carbocycles. The third-order valence-electron chi connectivity index (χ3n) is 1.94. The molecule has 1 N–H and O–H groups in total. The van der Waals surface area contributed by atoms with E-state index in [9.17, 15) is 4.79 Å². The molecule has 0 aromatic carbocycles. The summed E-state index contributed by atoms with van der Waals surface area (Å²) in [5, 5.41) is 4.70. The Morgan fingerprint density at radius 2 is 2.29 bits per heavy atom. The third-order valence-corrected chi connectivity index (χ3v) is 2.50. The predicted molar refractivity (Wildman–Crippen MR) is 56.2 cm³/mol. The van der Waals surface area contributed by atoms with Gasteiger partial charge in [-0.15, -0.1) is 0 Å². The van der Waals surface area contributed by atoms with Crippen LogP contribution in [0.5, 0.6) is 0 Å². The van der Waals surface area contributed by atoms with Crippen molar-refractivity contribution in [3.05, 3.63) is 21.3 Å². The van der Waals surface area contributed by atoms with Gasteiger partial charge < -0.3 is 4.98 Å². The van der Waals surface area contributed by atoms with Crippen molar-refractivity contribution in [1.29, 1.82) is 0 Å². The van der Waals surface area contributed by atoms with Crippen molar-refractivity contribution in [3.8, 4) is 0 Å². The Morgan fingerprint density at radius 3 is 2.93 bits per heavy atom. The van der Waals surface area contributed by atoms with Gasteiger partial charge in [0.05, 0.1) is 6.33 Å². The first-order valence-electron chi connectivity index (χ1n) is 4.22. The molecule has 0 aliphatic rings. The Morgan fingerprint density at radius 1 is 1.57 bits per heavy atom. The van der Waals surface area contributed by atoms with Crippen LogP contribution in [0.4, 0.5) is 0 Å². The molecule has 0 saturated carbocycles. The summed E-state index contributed by atoms with van der Waals surface area (Å²) in [6.45, 7) is 3.98. The van der Waals surface area contributed by atoms with Gasteiger partial charge in [0.25, 0.3) is 5.56 Å². The highest BCUT2D eigenvalue weighted by molar-refractivity contribution is 9.10. The van der Waals surface area contributed by atoms with Crippen molar-refractivity contribution >= 4 is 27.0 Å². The summed E-state index contributed by atoms with van der Waals surface area (Å²) in [5.74, 6) is 0. The highest BCUT2D eigenvalue weighted by Crippen LogP contribution is 2.20. The van der Waals surface area contributed by atoms with Gasteiger partial charge in [-0.2, -0.15) is 5.10 Å². The second kappa shape index (κ2) is 3.20. The largest absolute Gasteiger partial charge is 0.312 e. The first kappa shape index (κ1) is 9.39. The Kier molecular flexibility index (Phi) is 2.14. The van der Waals surface area contributed by atoms with Gasteiger partial charge in [-0.25, -0.2) is 9.67 Å². The summed E-state index contributed by atoms with van der Waals surface area (Å²) in [7, 11) is 0. The van der Waals surface area contributed by atoms with Crippen LogP contribution in [-0.2, 0) is 0 Å². The van der Waals surface area contributed by atoms with Gasteiger partial charge in [0.1, 0.15) is 9.99 Å². The minimum Gasteiger partial charge on any atom is -0.312 e. The molecule has 2 aromatic rings. The molecule has 0 fully saturated rings. The van der Waals surface area contributed by atoms with Crippen molar-refractivity contribution in [3.63, 3.8) is 0 Å². The van der Waals surface area contributed by atoms with Gasteiger partial charge >= 0.3 is 0 Å². The summed E-state index contributed by atoms with van der Waals surface area (Å²) < 4.78 is 2.25. The molecule has 0 atom stereocenters. The lowest BCUT2D eigenvalue weighted by atomic mass is 10.4. The Labute approximate surface area is 88.3 Å². The molecule has 6 heteroatoms. The summed E-state index contributed by atoms with van der Waals surface area (Å²) in [4.78, 5) is 18.1. The van der Waals surface area contributed by atoms with Gasteiger partial charge in [0.2, 0.25) is 0 Å². The van der Waals surface area contributed by atoms with Crippen LogP contribution >= 0.6 is 15.9 Å². The van der Waals surface area contributed by atoms with E-state index in [1.54, 1.807) is 4.68 Å². The van der Waals surface area contributed by atoms with Crippen molar-refractivity contribution < 1.29 is 0 Å². The maximum Gasteiger partial charge on any atom is 0.263 e. The van der Waals surface area contributed by atoms with Gasteiger partial charge in [0.15, 0.2) is 5.65 Å². The molecule has 0 saturated heterocycles. The Bertz CT molecular complexity index is 528. The van der Waals surface area contributed by atoms with Crippen LogP contribution in [-0.4, -0.2) is 19.7 Å². The van der Waals surface area contributed by atoms with Crippen molar-refractivity contribution in [2.45, 2.75) is 19.9 Å². The number of hydrogen-bond donors (Lipinski definition) is 1. The molecule has 2 rings (SSSR count). The molecule has 0 radical (unpaired) electrons. The number of hydrogen-bond acceptors (Lipinski definition) is 3. The average molecular weight is 257 g/mol. The van der Waals surface area contributed by atoms with Crippen molar-refractivity contribution in [2.24, 2.45) is 0 Å². The van der Waals surface area contributed by atoms with E-state index in [0.29, 0.717) is 15.6 Å². The molecule has 74 valence electrons. The molecule has 0 aliphatic heterocycles. The quantitative estimate of drug-likeness (QED) is 0.841. The van der Waals surface area contributed by atoms with Gasteiger partial charge in [-0.3, -0.25) is 4.79 Å². The van der Waals surface area contributed by atoms with E-state index < -0.39 is 0 Å². The lowest BCUT2D eigenvalue weighted by Gasteiger charge is -2.04. The highest BCUT2D eigenvalue weighted by Gasteiger charge is 2.14. The van der Waals surface area contributed by atoms with Crippen LogP contribution in [0.1, 0.15) is 19.9 Å². The van der Waals surface area contributed by atoms with Crippen LogP contribution < -0.4 is 5.56 Å². The summed E-state index contributed by atoms with van der Waals surface area (Å²) >= 11 is 3.24. The van der Waals surface area contributed by atoms with Gasteiger partial charge in [-0.1, -0.05) is 0 Å². The Hall–Kier alpha value is -1.17. The summed E-state index contributed by atoms with van der Waals surface area (Å²) in [5.41, 5.74) is 0.435. The second-order valence-corrected chi connectivity index (χ2v) is 4.01. The molecule has 14 heavy (non-hydrogen) atoms. The fraction of sp³-hybridized carbons (Fsp3) is 0.375. The number of rotatable bonds is 1. The topological polar surface area (TPSA) is 63.6 Å². The van der Waals surface area contributed by atoms with Crippen LogP contribution in [0, 0.1) is 0 Å². The first-order chi connectivity index (χ1) is 6.61. The van der Waals surface area contributed by atoms with Crippen LogP contribution in [0.2, 0.25) is 0 Å². The zero-order valence-corrected chi connectivity index (χ0v) is 9.37. The van der Waals surface area contributed by atoms with E-state index >= 15 is 0 Å². The maximum atomic E-state index is 11.5. The molecule has 0 spiro atoms. The number of H-pyrrole nitrogens is 1. The minimum atomic E-state index is -0.172. The molecule has 0 amide bonds. The molecule has 2 aromatic heterocycles. The lowest BCUT2D eigenvalue weighted by Crippen LogP contribution is -2.08. The number of nitrogens with one attached hydrogen (secondary N) is 1. The molecule has 5 nitrogen and oxygen atoms in total. The number of nitrogens with zero attached hydrogens (tertiary/aromatic N) is 3. The van der Waals surface area contributed by atoms with Crippen LogP contribution in [0.15, 0.2) is 15.7 Å². The van der Waals surface area contributed by atoms with E-state index in [-0.39, 0.29) is 11.6 Å². The summed E-state index contributed by atoms with van der Waals surface area (Å²) in [6, 6.07) is 0.179. The normalized spacial score (nSPS) is 11.4. The predicted octanol–water partition coefficient (Wildman–Crippen LogP) is 1.46. The van der Waals surface area contributed by atoms with E-state index in [4.69, 9.17) is 0 Å². The monoisotopic (exact) mass is 256 g/mol. The molecular weight excluding hydrogens is 248 g/mol. The van der Waals surface area contributed by atoms with E-state index in [2.05, 4.69) is 31.0 Å². The zero-order chi connectivity index (χ0) is 10.3. The summed E-state index contributed by atoms with van der Waals surface area (Å²) in [6.07, 6.45) is 1.39. The first-order valence-corrected chi connectivity index (χ1v) is 5.02. The number of fused-ring (bicyclic) bond motifs is 1. The molecule has 0 unspecified atom stereocenters. The van der Waals surface area contributed by atoms with E-state index in [1.165, 1.54) is 6.33 Å². The molecular formula is C8H9BrN4O. The third kappa shape index (κ3) is 1.26. The fourth-order valence-electron chi connectivity index (χ4n) is 1.30. The average Bonchev–Trinajstić information content (AvgIpc) is 2.45. The molecule has 0 bridgehead atoms. The van der Waals surface area contributed by atoms with E-state index in [1.807, 2.05) is 13.8 Å². The van der Waals surface area contributed by atoms with Gasteiger partial charge in [0, 0.05) is 6.04 Å². The van der Waals surface area contributed by atoms with E-state index in [0.717, 1.165) is 0 Å². The number of aromatic amines is 1. The van der Waals surface area contributed by atoms with Crippen molar-refractivity contribution in [2.75, 3.05) is 0 Å². The van der Waals surface area contributed by atoms with Gasteiger partial charge in [-0.05, 0) is 29.8 Å². The Balaban J connectivity index is 2.91. The van der Waals surface area contributed by atoms with Crippen LogP contribution in [0.3, 0.4) is 0 Å². The van der Waals surface area contributed by atoms with Crippen LogP contribution in [0.25, 0.3) is 11.0 Å². The minimum absolute atomic E-state index is 0.172. The van der Waals surface area contributed by atoms with Crippen molar-refractivity contribution in [1.82, 2.24) is 19.7 Å².